The number of benzene rings is 2. The number of aromatic nitrogens is 2. The molecule has 0 unspecified atom stereocenters. The van der Waals surface area contributed by atoms with E-state index in [0.717, 1.165) is 23.1 Å². The molecule has 492 valence electrons. The van der Waals surface area contributed by atoms with Gasteiger partial charge in [-0.1, -0.05) is 37.3 Å². The number of cyclic esters (lactones) is 1. The van der Waals surface area contributed by atoms with Crippen LogP contribution in [0.25, 0.3) is 22.3 Å². The molecule has 0 saturated heterocycles. The maximum atomic E-state index is 15.5. The molecule has 4 aliphatic rings. The number of carbonyl (C=O) groups excluding carboxylic acids is 11. The van der Waals surface area contributed by atoms with E-state index in [1.807, 2.05) is 5.32 Å². The predicted molar refractivity (Wildman–Crippen MR) is 312 cm³/mol. The second kappa shape index (κ2) is 27.0. The second-order valence-electron chi connectivity index (χ2n) is 24.1. The van der Waals surface area contributed by atoms with Crippen LogP contribution in [0.2, 0.25) is 0 Å². The molecule has 2 aromatic heterocycles. The van der Waals surface area contributed by atoms with Crippen LogP contribution in [0.3, 0.4) is 0 Å². The number of esters is 2. The zero-order valence-electron chi connectivity index (χ0n) is 51.3. The Kier molecular flexibility index (Phi) is 20.1. The van der Waals surface area contributed by atoms with Crippen LogP contribution >= 0.6 is 0 Å². The Balaban J connectivity index is 0.881. The molecule has 8 rings (SSSR count). The van der Waals surface area contributed by atoms with Gasteiger partial charge in [-0.25, -0.2) is 19.0 Å². The minimum Gasteiger partial charge on any atom is -0.459 e. The van der Waals surface area contributed by atoms with E-state index in [0.29, 0.717) is 27.0 Å². The van der Waals surface area contributed by atoms with Crippen molar-refractivity contribution in [2.75, 3.05) is 39.5 Å². The number of aliphatic hydroxyl groups is 1. The quantitative estimate of drug-likeness (QED) is 0.0170. The van der Waals surface area contributed by atoms with Gasteiger partial charge in [0.1, 0.15) is 49.0 Å². The van der Waals surface area contributed by atoms with Gasteiger partial charge in [0, 0.05) is 41.2 Å². The lowest BCUT2D eigenvalue weighted by Gasteiger charge is -2.32. The molecule has 0 fully saturated rings. The van der Waals surface area contributed by atoms with E-state index in [1.165, 1.54) is 45.3 Å². The number of carbonyl (C=O) groups is 11. The predicted octanol–water partition coefficient (Wildman–Crippen LogP) is 1.60. The molecule has 0 saturated carbocycles. The molecule has 4 aromatic rings. The van der Waals surface area contributed by atoms with E-state index in [1.54, 1.807) is 51.1 Å². The van der Waals surface area contributed by atoms with Crippen molar-refractivity contribution in [2.45, 2.75) is 141 Å². The van der Waals surface area contributed by atoms with Crippen LogP contribution in [-0.4, -0.2) is 165 Å². The van der Waals surface area contributed by atoms with Crippen LogP contribution in [0.4, 0.5) is 22.4 Å². The maximum Gasteiger partial charge on any atom is 0.423 e. The smallest absolute Gasteiger partial charge is 0.423 e. The van der Waals surface area contributed by atoms with Crippen LogP contribution in [0.5, 0.6) is 0 Å². The topological polar surface area (TPSA) is 358 Å². The molecule has 5 atom stereocenters. The molecule has 92 heavy (non-hydrogen) atoms. The largest absolute Gasteiger partial charge is 0.459 e. The number of pyridine rings is 2. The van der Waals surface area contributed by atoms with Gasteiger partial charge in [-0.15, -0.1) is 0 Å². The van der Waals surface area contributed by atoms with Crippen LogP contribution in [0, 0.1) is 12.7 Å². The third kappa shape index (κ3) is 15.4. The van der Waals surface area contributed by atoms with E-state index < -0.39 is 170 Å². The minimum atomic E-state index is -5.38. The number of nitrogens with zero attached hydrogens (tertiary/aromatic N) is 4. The second-order valence-corrected chi connectivity index (χ2v) is 24.1. The monoisotopic (exact) mass is 1290 g/mol. The zero-order valence-corrected chi connectivity index (χ0v) is 51.3. The Morgan fingerprint density at radius 2 is 1.45 bits per heavy atom. The molecule has 9 amide bonds. The number of hydrogen-bond acceptors (Lipinski definition) is 18. The van der Waals surface area contributed by atoms with Gasteiger partial charge in [0.25, 0.3) is 23.3 Å². The van der Waals surface area contributed by atoms with Crippen LogP contribution in [0.15, 0.2) is 59.4 Å². The summed E-state index contributed by atoms with van der Waals surface area (Å²) in [4.78, 5) is 165. The summed E-state index contributed by atoms with van der Waals surface area (Å²) < 4.78 is 81.9. The van der Waals surface area contributed by atoms with Gasteiger partial charge in [0.2, 0.25) is 35.6 Å². The molecule has 0 radical (unpaired) electrons. The molecular weight excluding hydrogens is 1220 g/mol. The van der Waals surface area contributed by atoms with Crippen molar-refractivity contribution in [2.24, 2.45) is 0 Å². The highest BCUT2D eigenvalue weighted by atomic mass is 19.4. The summed E-state index contributed by atoms with van der Waals surface area (Å²) in [5, 5.41) is 25.3. The Bertz CT molecular complexity index is 3770. The number of halogens is 4. The molecule has 1 aliphatic carbocycles. The van der Waals surface area contributed by atoms with Crippen molar-refractivity contribution in [3.05, 3.63) is 110 Å². The van der Waals surface area contributed by atoms with Crippen molar-refractivity contribution in [3.63, 3.8) is 0 Å². The highest BCUT2D eigenvalue weighted by molar-refractivity contribution is 6.15. The van der Waals surface area contributed by atoms with E-state index >= 15 is 4.39 Å². The fraction of sp³-hybridized carbons (Fsp3) is 0.459. The van der Waals surface area contributed by atoms with Gasteiger partial charge >= 0.3 is 24.2 Å². The van der Waals surface area contributed by atoms with Gasteiger partial charge in [-0.05, 0) is 96.0 Å². The van der Waals surface area contributed by atoms with E-state index in [2.05, 4.69) is 26.6 Å². The van der Waals surface area contributed by atoms with Crippen LogP contribution in [-0.2, 0) is 98.5 Å². The average molecular weight is 1290 g/mol. The third-order valence-corrected chi connectivity index (χ3v) is 15.2. The first-order valence-corrected chi connectivity index (χ1v) is 29.1. The highest BCUT2D eigenvalue weighted by Crippen LogP contribution is 2.46. The van der Waals surface area contributed by atoms with Crippen molar-refractivity contribution >= 4 is 76.2 Å². The molecular formula is C61H68F4N10O17. The number of ether oxygens (including phenoxy) is 4. The molecule has 5 heterocycles. The summed E-state index contributed by atoms with van der Waals surface area (Å²) in [5.74, 6) is -11.4. The van der Waals surface area contributed by atoms with Gasteiger partial charge in [-0.2, -0.15) is 13.2 Å². The molecule has 31 heteroatoms. The number of nitrogens with one attached hydrogen (secondary N) is 6. The standard InChI is InChI=1S/C61H68F4N10O17/c1-9-60(88)35-20-40-50-33(25-74(40)55(85)34(35)28-89-56(60)86)49-37(16-15-32-30(2)36(62)21-38(71-50)48(32)49)72-54(84)51(61(63,64)65)90-29-69-43(77)23-67-52(82)39(19-31-13-11-10-12-14-31)70-44(78)24-66-42(76)22-68-53(83)41(75-45(79)17-18-46(75)80)26-73(57(87)92-59(6,7)8)27-47(81)91-58(3,4)5/h10-14,17-18,20-21,37,39,41,51,88H,9,15-16,19,22-29H2,1-8H3,(H,66,76)(H,67,82)(H,68,83)(H,69,77)(H,70,78)(H,72,84)/t37-,39+,41+,51-,60+/m1/s1. The normalized spacial score (nSPS) is 17.5. The maximum absolute atomic E-state index is 15.5. The Morgan fingerprint density at radius 1 is 0.815 bits per heavy atom. The van der Waals surface area contributed by atoms with Gasteiger partial charge < -0.3 is 60.5 Å². The van der Waals surface area contributed by atoms with E-state index in [9.17, 15) is 75.8 Å². The van der Waals surface area contributed by atoms with Crippen molar-refractivity contribution < 1.29 is 94.4 Å². The highest BCUT2D eigenvalue weighted by Gasteiger charge is 2.49. The average Bonchev–Trinajstić information content (AvgIpc) is 1.46. The molecule has 3 aliphatic heterocycles. The Hall–Kier alpha value is -9.65. The first-order chi connectivity index (χ1) is 43.1. The lowest BCUT2D eigenvalue weighted by molar-refractivity contribution is -0.220. The summed E-state index contributed by atoms with van der Waals surface area (Å²) >= 11 is 0. The van der Waals surface area contributed by atoms with Gasteiger partial charge in [0.05, 0.1) is 61.2 Å². The van der Waals surface area contributed by atoms with E-state index in [-0.39, 0.29) is 71.4 Å². The molecule has 27 nitrogen and oxygen atoms in total. The Labute approximate surface area is 522 Å². The Morgan fingerprint density at radius 3 is 2.08 bits per heavy atom. The van der Waals surface area contributed by atoms with Crippen molar-refractivity contribution in [1.82, 2.24) is 51.3 Å². The van der Waals surface area contributed by atoms with Gasteiger partial charge in [0.15, 0.2) is 5.60 Å². The lowest BCUT2D eigenvalue weighted by Crippen LogP contribution is -2.57. The molecule has 0 bridgehead atoms. The molecule has 0 spiro atoms. The number of fused-ring (bicyclic) bond motifs is 5. The number of alkyl halides is 3. The third-order valence-electron chi connectivity index (χ3n) is 15.2. The SMILES string of the molecule is CC[C@@]1(O)C(=O)OCc2c1cc1n(c2=O)Cc2c-1nc1cc(F)c(C)c3c1c2[C@H](NC(=O)[C@@H](OCNC(=O)CNC(=O)[C@H](Cc1ccccc1)NC(=O)CNC(=O)CNC(=O)[C@H](CN(CC(=O)OC(C)(C)C)C(=O)OC(C)(C)C)N1C(=O)C=CC1=O)C(F)(F)F)CC3. The number of hydrogen-bond donors (Lipinski definition) is 7. The summed E-state index contributed by atoms with van der Waals surface area (Å²) in [7, 11) is 0. The van der Waals surface area contributed by atoms with Crippen LogP contribution in [0.1, 0.15) is 106 Å². The lowest BCUT2D eigenvalue weighted by atomic mass is 9.81. The molecule has 2 aromatic carbocycles. The van der Waals surface area contributed by atoms with Gasteiger partial charge in [-0.3, -0.25) is 57.7 Å². The summed E-state index contributed by atoms with van der Waals surface area (Å²) in [6, 6.07) is 6.16. The zero-order chi connectivity index (χ0) is 67.5. The van der Waals surface area contributed by atoms with Crippen LogP contribution < -0.4 is 37.5 Å². The first-order valence-electron chi connectivity index (χ1n) is 29.1. The summed E-state index contributed by atoms with van der Waals surface area (Å²) in [5.41, 5.74) is -2.93. The minimum absolute atomic E-state index is 0.00638. The van der Waals surface area contributed by atoms with E-state index in [4.69, 9.17) is 23.9 Å². The summed E-state index contributed by atoms with van der Waals surface area (Å²) in [6.45, 7) is 6.25. The fourth-order valence-electron chi connectivity index (χ4n) is 10.9. The van der Waals surface area contributed by atoms with Crippen molar-refractivity contribution in [1.29, 1.82) is 0 Å². The molecule has 7 N–H and O–H groups in total. The summed E-state index contributed by atoms with van der Waals surface area (Å²) in [6.07, 6.45) is -8.30. The number of amides is 9. The number of imide groups is 1. The van der Waals surface area contributed by atoms with Crippen molar-refractivity contribution in [3.8, 4) is 11.4 Å². The fourth-order valence-corrected chi connectivity index (χ4v) is 10.9. The number of aryl methyl sites for hydroxylation is 1. The first kappa shape index (κ1) is 68.3. The number of rotatable bonds is 22.